The lowest BCUT2D eigenvalue weighted by molar-refractivity contribution is 0.280. The number of aromatic hydroxyl groups is 1. The second-order valence-electron chi connectivity index (χ2n) is 4.92. The number of rotatable bonds is 4. The van der Waals surface area contributed by atoms with Crippen LogP contribution in [0.15, 0.2) is 48.5 Å². The zero-order valence-electron chi connectivity index (χ0n) is 11.9. The van der Waals surface area contributed by atoms with Gasteiger partial charge >= 0.3 is 0 Å². The van der Waals surface area contributed by atoms with E-state index in [2.05, 4.69) is 17.6 Å². The SMILES string of the molecule is CCn1c(COc2ccccc2O)cc2cccc(N)c21. The minimum atomic E-state index is 0.149. The summed E-state index contributed by atoms with van der Waals surface area (Å²) < 4.78 is 7.87. The second-order valence-corrected chi connectivity index (χ2v) is 4.92. The van der Waals surface area contributed by atoms with E-state index in [1.54, 1.807) is 18.2 Å². The van der Waals surface area contributed by atoms with Crippen LogP contribution in [0.2, 0.25) is 0 Å². The lowest BCUT2D eigenvalue weighted by Crippen LogP contribution is -2.05. The van der Waals surface area contributed by atoms with Crippen molar-refractivity contribution in [1.82, 2.24) is 4.57 Å². The van der Waals surface area contributed by atoms with Gasteiger partial charge in [-0.1, -0.05) is 24.3 Å². The molecule has 108 valence electrons. The summed E-state index contributed by atoms with van der Waals surface area (Å²) in [4.78, 5) is 0. The van der Waals surface area contributed by atoms with E-state index < -0.39 is 0 Å². The average molecular weight is 282 g/mol. The molecule has 0 fully saturated rings. The Kier molecular flexibility index (Phi) is 3.44. The standard InChI is InChI=1S/C17H18N2O2/c1-2-19-13(10-12-6-5-7-14(18)17(12)19)11-21-16-9-4-3-8-15(16)20/h3-10,20H,2,11,18H2,1H3. The van der Waals surface area contributed by atoms with E-state index in [4.69, 9.17) is 10.5 Å². The molecule has 3 N–H and O–H groups in total. The van der Waals surface area contributed by atoms with Gasteiger partial charge in [0.15, 0.2) is 11.5 Å². The number of nitrogens with two attached hydrogens (primary N) is 1. The summed E-state index contributed by atoms with van der Waals surface area (Å²) in [7, 11) is 0. The number of para-hydroxylation sites is 3. The van der Waals surface area contributed by atoms with Crippen LogP contribution in [-0.2, 0) is 13.2 Å². The van der Waals surface area contributed by atoms with Gasteiger partial charge in [-0.15, -0.1) is 0 Å². The van der Waals surface area contributed by atoms with Crippen LogP contribution >= 0.6 is 0 Å². The summed E-state index contributed by atoms with van der Waals surface area (Å²) in [5, 5.41) is 10.9. The number of hydrogen-bond acceptors (Lipinski definition) is 3. The Bertz CT molecular complexity index is 778. The van der Waals surface area contributed by atoms with Crippen molar-refractivity contribution in [3.8, 4) is 11.5 Å². The number of phenolic OH excluding ortho intramolecular Hbond substituents is 1. The molecule has 0 spiro atoms. The predicted octanol–water partition coefficient (Wildman–Crippen LogP) is 3.53. The summed E-state index contributed by atoms with van der Waals surface area (Å²) >= 11 is 0. The second kappa shape index (κ2) is 5.40. The molecule has 0 unspecified atom stereocenters. The lowest BCUT2D eigenvalue weighted by atomic mass is 10.2. The molecule has 0 saturated carbocycles. The number of anilines is 1. The van der Waals surface area contributed by atoms with Gasteiger partial charge in [0, 0.05) is 11.9 Å². The number of aryl methyl sites for hydroxylation is 1. The van der Waals surface area contributed by atoms with Crippen molar-refractivity contribution in [3.05, 3.63) is 54.2 Å². The maximum Gasteiger partial charge on any atom is 0.161 e. The van der Waals surface area contributed by atoms with Crippen molar-refractivity contribution in [2.45, 2.75) is 20.1 Å². The van der Waals surface area contributed by atoms with Gasteiger partial charge in [-0.2, -0.15) is 0 Å². The van der Waals surface area contributed by atoms with E-state index in [-0.39, 0.29) is 5.75 Å². The molecule has 0 aliphatic carbocycles. The molecular weight excluding hydrogens is 264 g/mol. The van der Waals surface area contributed by atoms with E-state index in [0.717, 1.165) is 28.8 Å². The highest BCUT2D eigenvalue weighted by Crippen LogP contribution is 2.28. The molecule has 21 heavy (non-hydrogen) atoms. The molecule has 4 heteroatoms. The third-order valence-corrected chi connectivity index (χ3v) is 3.59. The summed E-state index contributed by atoms with van der Waals surface area (Å²) in [6.45, 7) is 3.28. The first kappa shape index (κ1) is 13.4. The van der Waals surface area contributed by atoms with Gasteiger partial charge in [0.1, 0.15) is 6.61 Å². The monoisotopic (exact) mass is 282 g/mol. The molecule has 0 bridgehead atoms. The van der Waals surface area contributed by atoms with Crippen LogP contribution in [0.4, 0.5) is 5.69 Å². The normalized spacial score (nSPS) is 10.9. The summed E-state index contributed by atoms with van der Waals surface area (Å²) in [6, 6.07) is 14.9. The van der Waals surface area contributed by atoms with Crippen LogP contribution in [0, 0.1) is 0 Å². The Morgan fingerprint density at radius 3 is 2.71 bits per heavy atom. The van der Waals surface area contributed by atoms with E-state index in [0.29, 0.717) is 12.4 Å². The van der Waals surface area contributed by atoms with Gasteiger partial charge in [0.05, 0.1) is 16.9 Å². The largest absolute Gasteiger partial charge is 0.504 e. The van der Waals surface area contributed by atoms with Crippen molar-refractivity contribution >= 4 is 16.6 Å². The fourth-order valence-corrected chi connectivity index (χ4v) is 2.62. The van der Waals surface area contributed by atoms with Crippen LogP contribution < -0.4 is 10.5 Å². The van der Waals surface area contributed by atoms with E-state index >= 15 is 0 Å². The van der Waals surface area contributed by atoms with Crippen molar-refractivity contribution in [2.75, 3.05) is 5.73 Å². The van der Waals surface area contributed by atoms with Crippen LogP contribution in [0.25, 0.3) is 10.9 Å². The first-order chi connectivity index (χ1) is 10.2. The van der Waals surface area contributed by atoms with Gasteiger partial charge in [-0.3, -0.25) is 0 Å². The molecule has 1 heterocycles. The number of benzene rings is 2. The van der Waals surface area contributed by atoms with Gasteiger partial charge in [-0.25, -0.2) is 0 Å². The van der Waals surface area contributed by atoms with Gasteiger partial charge in [0.25, 0.3) is 0 Å². The predicted molar refractivity (Wildman–Crippen MR) is 84.5 cm³/mol. The molecule has 1 aromatic heterocycles. The highest BCUT2D eigenvalue weighted by Gasteiger charge is 2.11. The number of aromatic nitrogens is 1. The maximum absolute atomic E-state index is 9.75. The molecule has 0 radical (unpaired) electrons. The minimum absolute atomic E-state index is 0.149. The molecule has 0 aliphatic heterocycles. The van der Waals surface area contributed by atoms with E-state index in [1.807, 2.05) is 24.3 Å². The Labute approximate surface area is 123 Å². The number of nitrogen functional groups attached to an aromatic ring is 1. The van der Waals surface area contributed by atoms with E-state index in [1.165, 1.54) is 0 Å². The summed E-state index contributed by atoms with van der Waals surface area (Å²) in [6.07, 6.45) is 0. The van der Waals surface area contributed by atoms with Crippen molar-refractivity contribution in [3.63, 3.8) is 0 Å². The third kappa shape index (κ3) is 2.40. The molecule has 4 nitrogen and oxygen atoms in total. The Morgan fingerprint density at radius 2 is 1.95 bits per heavy atom. The molecule has 3 aromatic rings. The number of ether oxygens (including phenoxy) is 1. The van der Waals surface area contributed by atoms with Crippen LogP contribution in [-0.4, -0.2) is 9.67 Å². The Balaban J connectivity index is 1.94. The Hall–Kier alpha value is -2.62. The molecule has 3 rings (SSSR count). The van der Waals surface area contributed by atoms with Crippen molar-refractivity contribution < 1.29 is 9.84 Å². The fourth-order valence-electron chi connectivity index (χ4n) is 2.62. The first-order valence-corrected chi connectivity index (χ1v) is 6.98. The van der Waals surface area contributed by atoms with Gasteiger partial charge < -0.3 is 20.1 Å². The first-order valence-electron chi connectivity index (χ1n) is 6.98. The smallest absolute Gasteiger partial charge is 0.161 e. The van der Waals surface area contributed by atoms with Crippen LogP contribution in [0.1, 0.15) is 12.6 Å². The van der Waals surface area contributed by atoms with Gasteiger partial charge in [0.2, 0.25) is 0 Å². The van der Waals surface area contributed by atoms with Gasteiger partial charge in [-0.05, 0) is 31.2 Å². The molecular formula is C17H18N2O2. The molecule has 0 saturated heterocycles. The zero-order chi connectivity index (χ0) is 14.8. The van der Waals surface area contributed by atoms with Crippen molar-refractivity contribution in [1.29, 1.82) is 0 Å². The quantitative estimate of drug-likeness (QED) is 0.720. The van der Waals surface area contributed by atoms with Crippen molar-refractivity contribution in [2.24, 2.45) is 0 Å². The number of fused-ring (bicyclic) bond motifs is 1. The number of phenols is 1. The highest BCUT2D eigenvalue weighted by molar-refractivity contribution is 5.91. The summed E-state index contributed by atoms with van der Waals surface area (Å²) in [5.41, 5.74) is 8.92. The van der Waals surface area contributed by atoms with Crippen LogP contribution in [0.3, 0.4) is 0 Å². The summed E-state index contributed by atoms with van der Waals surface area (Å²) in [5.74, 6) is 0.634. The average Bonchev–Trinajstić information content (AvgIpc) is 2.85. The highest BCUT2D eigenvalue weighted by atomic mass is 16.5. The zero-order valence-corrected chi connectivity index (χ0v) is 11.9. The maximum atomic E-state index is 9.75. The topological polar surface area (TPSA) is 60.4 Å². The van der Waals surface area contributed by atoms with Crippen LogP contribution in [0.5, 0.6) is 11.5 Å². The molecule has 0 aliphatic rings. The minimum Gasteiger partial charge on any atom is -0.504 e. The molecule has 0 amide bonds. The van der Waals surface area contributed by atoms with E-state index in [9.17, 15) is 5.11 Å². The fraction of sp³-hybridized carbons (Fsp3) is 0.176. The molecule has 2 aromatic carbocycles. The Morgan fingerprint density at radius 1 is 1.14 bits per heavy atom. The lowest BCUT2D eigenvalue weighted by Gasteiger charge is -2.11. The molecule has 0 atom stereocenters. The number of nitrogens with zero attached hydrogens (tertiary/aromatic N) is 1. The third-order valence-electron chi connectivity index (χ3n) is 3.59. The number of hydrogen-bond donors (Lipinski definition) is 2.